The normalized spacial score (nSPS) is 14.7. The molecule has 1 fully saturated rings. The van der Waals surface area contributed by atoms with Crippen LogP contribution < -0.4 is 10.9 Å². The van der Waals surface area contributed by atoms with Crippen LogP contribution in [-0.2, 0) is 17.9 Å². The van der Waals surface area contributed by atoms with Gasteiger partial charge in [0, 0.05) is 36.8 Å². The maximum Gasteiger partial charge on any atom is 0.253 e. The number of aromatic nitrogens is 3. The highest BCUT2D eigenvalue weighted by Crippen LogP contribution is 2.32. The lowest BCUT2D eigenvalue weighted by Gasteiger charge is -2.11. The molecule has 0 radical (unpaired) electrons. The smallest absolute Gasteiger partial charge is 0.253 e. The van der Waals surface area contributed by atoms with Gasteiger partial charge in [-0.05, 0) is 30.4 Å². The molecule has 1 aliphatic rings. The van der Waals surface area contributed by atoms with Gasteiger partial charge in [-0.25, -0.2) is 4.98 Å². The number of carbonyl (C=O) groups is 1. The number of rotatable bonds is 6. The Kier molecular flexibility index (Phi) is 5.05. The van der Waals surface area contributed by atoms with E-state index >= 15 is 0 Å². The van der Waals surface area contributed by atoms with Gasteiger partial charge in [-0.15, -0.1) is 0 Å². The van der Waals surface area contributed by atoms with Gasteiger partial charge in [0.1, 0.15) is 6.54 Å². The van der Waals surface area contributed by atoms with Gasteiger partial charge in [-0.2, -0.15) is 0 Å². The van der Waals surface area contributed by atoms with Crippen LogP contribution in [0, 0.1) is 0 Å². The van der Waals surface area contributed by atoms with Crippen LogP contribution in [0.2, 0.25) is 0 Å². The Morgan fingerprint density at radius 2 is 1.96 bits per heavy atom. The van der Waals surface area contributed by atoms with Gasteiger partial charge < -0.3 is 9.88 Å². The SMILES string of the molecule is O=C(Cn1ccc2ccccc21)NCCn1cnc(C2CCCC2)cc1=O. The molecule has 2 heterocycles. The van der Waals surface area contributed by atoms with Crippen LogP contribution in [-0.4, -0.2) is 26.6 Å². The van der Waals surface area contributed by atoms with Crippen molar-refractivity contribution in [1.29, 1.82) is 0 Å². The number of nitrogens with zero attached hydrogens (tertiary/aromatic N) is 3. The first-order valence-electron chi connectivity index (χ1n) is 9.58. The molecular weight excluding hydrogens is 340 g/mol. The minimum Gasteiger partial charge on any atom is -0.353 e. The number of fused-ring (bicyclic) bond motifs is 1. The third-order valence-corrected chi connectivity index (χ3v) is 5.34. The summed E-state index contributed by atoms with van der Waals surface area (Å²) in [5.74, 6) is 0.364. The zero-order valence-electron chi connectivity index (χ0n) is 15.3. The largest absolute Gasteiger partial charge is 0.353 e. The van der Waals surface area contributed by atoms with Crippen LogP contribution in [0.5, 0.6) is 0 Å². The van der Waals surface area contributed by atoms with Gasteiger partial charge in [-0.3, -0.25) is 14.2 Å². The van der Waals surface area contributed by atoms with Crippen LogP contribution in [0.3, 0.4) is 0 Å². The second-order valence-electron chi connectivity index (χ2n) is 7.18. The van der Waals surface area contributed by atoms with Crippen LogP contribution in [0.1, 0.15) is 37.3 Å². The minimum absolute atomic E-state index is 0.0439. The number of amides is 1. The number of carbonyl (C=O) groups excluding carboxylic acids is 1. The molecular formula is C21H24N4O2. The van der Waals surface area contributed by atoms with E-state index in [2.05, 4.69) is 10.3 Å². The Morgan fingerprint density at radius 3 is 2.78 bits per heavy atom. The van der Waals surface area contributed by atoms with Gasteiger partial charge in [0.05, 0.1) is 12.0 Å². The lowest BCUT2D eigenvalue weighted by atomic mass is 10.0. The summed E-state index contributed by atoms with van der Waals surface area (Å²) in [6.45, 7) is 1.10. The number of hydrogen-bond acceptors (Lipinski definition) is 3. The van der Waals surface area contributed by atoms with Gasteiger partial charge in [0.25, 0.3) is 5.56 Å². The molecule has 1 amide bonds. The van der Waals surface area contributed by atoms with Gasteiger partial charge >= 0.3 is 0 Å². The van der Waals surface area contributed by atoms with Crippen molar-refractivity contribution in [3.8, 4) is 0 Å². The van der Waals surface area contributed by atoms with Crippen molar-refractivity contribution in [3.05, 3.63) is 65.0 Å². The molecule has 1 aromatic carbocycles. The third-order valence-electron chi connectivity index (χ3n) is 5.34. The molecule has 0 spiro atoms. The lowest BCUT2D eigenvalue weighted by molar-refractivity contribution is -0.121. The summed E-state index contributed by atoms with van der Waals surface area (Å²) in [4.78, 5) is 29.0. The topological polar surface area (TPSA) is 68.9 Å². The fourth-order valence-corrected chi connectivity index (χ4v) is 3.86. The molecule has 0 atom stereocenters. The molecule has 1 N–H and O–H groups in total. The van der Waals surface area contributed by atoms with E-state index in [4.69, 9.17) is 0 Å². The van der Waals surface area contributed by atoms with Crippen molar-refractivity contribution in [1.82, 2.24) is 19.4 Å². The summed E-state index contributed by atoms with van der Waals surface area (Å²) in [5, 5.41) is 4.00. The Labute approximate surface area is 157 Å². The number of nitrogens with one attached hydrogen (secondary N) is 1. The third kappa shape index (κ3) is 3.94. The van der Waals surface area contributed by atoms with E-state index in [9.17, 15) is 9.59 Å². The predicted molar refractivity (Wildman–Crippen MR) is 105 cm³/mol. The average Bonchev–Trinajstić information content (AvgIpc) is 3.34. The maximum absolute atomic E-state index is 12.3. The van der Waals surface area contributed by atoms with E-state index in [-0.39, 0.29) is 18.0 Å². The molecule has 1 aliphatic carbocycles. The van der Waals surface area contributed by atoms with Crippen LogP contribution in [0.15, 0.2) is 53.7 Å². The van der Waals surface area contributed by atoms with Crippen molar-refractivity contribution >= 4 is 16.8 Å². The van der Waals surface area contributed by atoms with E-state index < -0.39 is 0 Å². The van der Waals surface area contributed by atoms with Crippen molar-refractivity contribution in [2.24, 2.45) is 0 Å². The number of para-hydroxylation sites is 1. The molecule has 2 aromatic heterocycles. The molecule has 4 rings (SSSR count). The summed E-state index contributed by atoms with van der Waals surface area (Å²) < 4.78 is 3.48. The van der Waals surface area contributed by atoms with E-state index in [0.717, 1.165) is 29.4 Å². The molecule has 6 heteroatoms. The molecule has 140 valence electrons. The molecule has 1 saturated carbocycles. The standard InChI is InChI=1S/C21H24N4O2/c26-20(14-24-11-9-17-7-3-4-8-19(17)24)22-10-12-25-15-23-18(13-21(25)27)16-5-1-2-6-16/h3-4,7-9,11,13,15-16H,1-2,5-6,10,12,14H2,(H,22,26). The quantitative estimate of drug-likeness (QED) is 0.731. The summed E-state index contributed by atoms with van der Waals surface area (Å²) in [7, 11) is 0. The van der Waals surface area contributed by atoms with E-state index in [1.807, 2.05) is 41.1 Å². The van der Waals surface area contributed by atoms with Gasteiger partial charge in [-0.1, -0.05) is 31.0 Å². The van der Waals surface area contributed by atoms with Crippen molar-refractivity contribution in [3.63, 3.8) is 0 Å². The highest BCUT2D eigenvalue weighted by molar-refractivity contribution is 5.83. The zero-order chi connectivity index (χ0) is 18.6. The fraction of sp³-hybridized carbons (Fsp3) is 0.381. The first-order valence-corrected chi connectivity index (χ1v) is 9.58. The Bertz CT molecular complexity index is 999. The molecule has 0 aliphatic heterocycles. The zero-order valence-corrected chi connectivity index (χ0v) is 15.3. The Balaban J connectivity index is 1.31. The summed E-state index contributed by atoms with van der Waals surface area (Å²) in [5.41, 5.74) is 1.91. The Hall–Kier alpha value is -2.89. The monoisotopic (exact) mass is 364 g/mol. The van der Waals surface area contributed by atoms with Crippen molar-refractivity contribution in [2.75, 3.05) is 6.54 Å². The summed E-state index contributed by atoms with van der Waals surface area (Å²) in [6.07, 6.45) is 8.22. The van der Waals surface area contributed by atoms with Crippen LogP contribution >= 0.6 is 0 Å². The fourth-order valence-electron chi connectivity index (χ4n) is 3.86. The van der Waals surface area contributed by atoms with Crippen LogP contribution in [0.25, 0.3) is 10.9 Å². The second kappa shape index (κ2) is 7.78. The minimum atomic E-state index is -0.0695. The highest BCUT2D eigenvalue weighted by atomic mass is 16.2. The van der Waals surface area contributed by atoms with Crippen LogP contribution in [0.4, 0.5) is 0 Å². The van der Waals surface area contributed by atoms with E-state index in [1.165, 1.54) is 12.8 Å². The number of benzene rings is 1. The van der Waals surface area contributed by atoms with Gasteiger partial charge in [0.15, 0.2) is 0 Å². The van der Waals surface area contributed by atoms with E-state index in [1.54, 1.807) is 17.0 Å². The summed E-state index contributed by atoms with van der Waals surface area (Å²) >= 11 is 0. The maximum atomic E-state index is 12.3. The molecule has 0 unspecified atom stereocenters. The van der Waals surface area contributed by atoms with Crippen molar-refractivity contribution in [2.45, 2.75) is 44.7 Å². The molecule has 6 nitrogen and oxygen atoms in total. The average molecular weight is 364 g/mol. The predicted octanol–water partition coefficient (Wildman–Crippen LogP) is 2.67. The highest BCUT2D eigenvalue weighted by Gasteiger charge is 2.18. The first kappa shape index (κ1) is 17.5. The molecule has 27 heavy (non-hydrogen) atoms. The lowest BCUT2D eigenvalue weighted by Crippen LogP contribution is -2.33. The molecule has 3 aromatic rings. The molecule has 0 saturated heterocycles. The molecule has 0 bridgehead atoms. The van der Waals surface area contributed by atoms with Crippen molar-refractivity contribution < 1.29 is 4.79 Å². The Morgan fingerprint density at radius 1 is 1.15 bits per heavy atom. The number of hydrogen-bond donors (Lipinski definition) is 1. The summed E-state index contributed by atoms with van der Waals surface area (Å²) in [6, 6.07) is 11.6. The second-order valence-corrected chi connectivity index (χ2v) is 7.18. The van der Waals surface area contributed by atoms with E-state index in [0.29, 0.717) is 19.0 Å². The first-order chi connectivity index (χ1) is 13.2. The van der Waals surface area contributed by atoms with Gasteiger partial charge in [0.2, 0.25) is 5.91 Å².